The van der Waals surface area contributed by atoms with Gasteiger partial charge < -0.3 is 19.9 Å². The topological polar surface area (TPSA) is 70.6 Å². The number of hydrogen-bond donors (Lipinski definition) is 1. The summed E-state index contributed by atoms with van der Waals surface area (Å²) < 4.78 is 5.33. The predicted molar refractivity (Wildman–Crippen MR) is 90.1 cm³/mol. The Morgan fingerprint density at radius 2 is 1.96 bits per heavy atom. The van der Waals surface area contributed by atoms with E-state index in [0.29, 0.717) is 5.92 Å². The zero-order valence-corrected chi connectivity index (χ0v) is 14.1. The van der Waals surface area contributed by atoms with E-state index in [9.17, 15) is 4.79 Å². The molecule has 0 spiro atoms. The summed E-state index contributed by atoms with van der Waals surface area (Å²) in [5.74, 6) is 1.55. The Morgan fingerprint density at radius 3 is 2.58 bits per heavy atom. The lowest BCUT2D eigenvalue weighted by Crippen LogP contribution is -2.62. The van der Waals surface area contributed by atoms with Gasteiger partial charge in [-0.15, -0.1) is 5.10 Å². The number of urea groups is 1. The lowest BCUT2D eigenvalue weighted by molar-refractivity contribution is 0.0773. The highest BCUT2D eigenvalue weighted by Gasteiger charge is 2.34. The minimum Gasteiger partial charge on any atom is -0.381 e. The molecule has 4 rings (SSSR count). The van der Waals surface area contributed by atoms with Gasteiger partial charge in [-0.25, -0.2) is 4.79 Å². The average Bonchev–Trinajstić information content (AvgIpc) is 3.40. The zero-order chi connectivity index (χ0) is 16.5. The predicted octanol–water partition coefficient (Wildman–Crippen LogP) is 1.36. The zero-order valence-electron chi connectivity index (χ0n) is 14.1. The van der Waals surface area contributed by atoms with Crippen LogP contribution in [-0.2, 0) is 4.74 Å². The number of nitrogens with one attached hydrogen (secondary N) is 1. The number of hydrogen-bond acceptors (Lipinski definition) is 5. The normalized spacial score (nSPS) is 22.1. The molecule has 1 aromatic rings. The Balaban J connectivity index is 1.25. The molecule has 130 valence electrons. The molecular weight excluding hydrogens is 306 g/mol. The van der Waals surface area contributed by atoms with Crippen LogP contribution in [0.1, 0.15) is 37.3 Å². The average molecular weight is 331 g/mol. The summed E-state index contributed by atoms with van der Waals surface area (Å²) in [6.07, 6.45) is 4.29. The molecule has 1 aliphatic carbocycles. The number of nitrogens with zero attached hydrogens (tertiary/aromatic N) is 4. The third-order valence-electron chi connectivity index (χ3n) is 5.27. The molecule has 1 saturated carbocycles. The van der Waals surface area contributed by atoms with E-state index < -0.39 is 0 Å². The maximum Gasteiger partial charge on any atom is 0.317 e. The van der Waals surface area contributed by atoms with Gasteiger partial charge in [0.1, 0.15) is 0 Å². The number of aromatic nitrogens is 2. The van der Waals surface area contributed by atoms with Crippen molar-refractivity contribution in [2.24, 2.45) is 0 Å². The van der Waals surface area contributed by atoms with Crippen LogP contribution in [0.5, 0.6) is 0 Å². The molecule has 1 N–H and O–H groups in total. The van der Waals surface area contributed by atoms with Gasteiger partial charge in [0.05, 0.1) is 11.7 Å². The van der Waals surface area contributed by atoms with Crippen molar-refractivity contribution >= 4 is 11.8 Å². The van der Waals surface area contributed by atoms with Gasteiger partial charge >= 0.3 is 6.03 Å². The Bertz CT molecular complexity index is 577. The number of ether oxygens (including phenoxy) is 1. The summed E-state index contributed by atoms with van der Waals surface area (Å²) in [7, 11) is 1.87. The fraction of sp³-hybridized carbons (Fsp3) is 0.706. The molecule has 0 unspecified atom stereocenters. The molecule has 24 heavy (non-hydrogen) atoms. The fourth-order valence-electron chi connectivity index (χ4n) is 3.27. The number of rotatable bonds is 4. The van der Waals surface area contributed by atoms with Crippen molar-refractivity contribution in [3.63, 3.8) is 0 Å². The second-order valence-electron chi connectivity index (χ2n) is 7.10. The lowest BCUT2D eigenvalue weighted by Gasteiger charge is -2.44. The molecule has 1 aromatic heterocycles. The molecular formula is C17H25N5O2. The molecule has 3 aliphatic rings. The summed E-state index contributed by atoms with van der Waals surface area (Å²) in [5, 5.41) is 11.8. The van der Waals surface area contributed by atoms with E-state index in [2.05, 4.69) is 32.5 Å². The van der Waals surface area contributed by atoms with Crippen molar-refractivity contribution in [3.05, 3.63) is 17.8 Å². The van der Waals surface area contributed by atoms with Gasteiger partial charge in [0, 0.05) is 45.3 Å². The Morgan fingerprint density at radius 1 is 1.21 bits per heavy atom. The third-order valence-corrected chi connectivity index (χ3v) is 5.27. The van der Waals surface area contributed by atoms with E-state index in [1.807, 2.05) is 11.9 Å². The van der Waals surface area contributed by atoms with Crippen LogP contribution >= 0.6 is 0 Å². The molecule has 3 heterocycles. The molecule has 0 bridgehead atoms. The van der Waals surface area contributed by atoms with Gasteiger partial charge in [-0.2, -0.15) is 5.10 Å². The van der Waals surface area contributed by atoms with E-state index in [0.717, 1.165) is 50.7 Å². The van der Waals surface area contributed by atoms with Crippen molar-refractivity contribution in [3.8, 4) is 0 Å². The van der Waals surface area contributed by atoms with Crippen LogP contribution in [0.25, 0.3) is 0 Å². The fourth-order valence-corrected chi connectivity index (χ4v) is 3.27. The summed E-state index contributed by atoms with van der Waals surface area (Å²) in [6.45, 7) is 3.10. The van der Waals surface area contributed by atoms with Crippen molar-refractivity contribution in [2.45, 2.75) is 43.7 Å². The molecule has 0 aromatic carbocycles. The monoisotopic (exact) mass is 331 g/mol. The van der Waals surface area contributed by atoms with E-state index >= 15 is 0 Å². The van der Waals surface area contributed by atoms with Crippen molar-refractivity contribution in [1.29, 1.82) is 0 Å². The van der Waals surface area contributed by atoms with E-state index in [-0.39, 0.29) is 18.1 Å². The molecule has 7 nitrogen and oxygen atoms in total. The molecule has 2 aliphatic heterocycles. The Hall–Kier alpha value is -1.89. The van der Waals surface area contributed by atoms with Gasteiger partial charge in [-0.3, -0.25) is 0 Å². The quantitative estimate of drug-likeness (QED) is 0.902. The van der Waals surface area contributed by atoms with Crippen molar-refractivity contribution in [1.82, 2.24) is 20.4 Å². The number of amides is 2. The Labute approximate surface area is 142 Å². The van der Waals surface area contributed by atoms with E-state index in [1.165, 1.54) is 12.8 Å². The SMILES string of the molecule is CN(C(=O)NC1CCOCC1)C1CN(c2ccc(C3CC3)nn2)C1. The lowest BCUT2D eigenvalue weighted by atomic mass is 10.1. The van der Waals surface area contributed by atoms with E-state index in [1.54, 1.807) is 0 Å². The van der Waals surface area contributed by atoms with Crippen LogP contribution in [0.3, 0.4) is 0 Å². The van der Waals surface area contributed by atoms with Gasteiger partial charge in [-0.1, -0.05) is 0 Å². The molecule has 0 radical (unpaired) electrons. The van der Waals surface area contributed by atoms with Crippen LogP contribution in [0.4, 0.5) is 10.6 Å². The van der Waals surface area contributed by atoms with Gasteiger partial charge in [0.15, 0.2) is 5.82 Å². The summed E-state index contributed by atoms with van der Waals surface area (Å²) in [5.41, 5.74) is 1.11. The molecule has 3 fully saturated rings. The minimum absolute atomic E-state index is 0.0155. The molecule has 0 atom stereocenters. The van der Waals surface area contributed by atoms with Crippen LogP contribution in [-0.4, -0.2) is 66.6 Å². The number of likely N-dealkylation sites (N-methyl/N-ethyl adjacent to an activating group) is 1. The number of carbonyl (C=O) groups is 1. The first-order chi connectivity index (χ1) is 11.7. The highest BCUT2D eigenvalue weighted by Crippen LogP contribution is 2.38. The van der Waals surface area contributed by atoms with Crippen molar-refractivity contribution < 1.29 is 9.53 Å². The minimum atomic E-state index is 0.0155. The second kappa shape index (κ2) is 6.55. The highest BCUT2D eigenvalue weighted by atomic mass is 16.5. The highest BCUT2D eigenvalue weighted by molar-refractivity contribution is 5.75. The molecule has 2 amide bonds. The van der Waals surface area contributed by atoms with Crippen LogP contribution in [0, 0.1) is 0 Å². The second-order valence-corrected chi connectivity index (χ2v) is 7.10. The van der Waals surface area contributed by atoms with Crippen LogP contribution in [0.15, 0.2) is 12.1 Å². The third kappa shape index (κ3) is 3.31. The van der Waals surface area contributed by atoms with Crippen LogP contribution in [0.2, 0.25) is 0 Å². The van der Waals surface area contributed by atoms with Gasteiger partial charge in [-0.05, 0) is 37.8 Å². The smallest absolute Gasteiger partial charge is 0.317 e. The molecule has 2 saturated heterocycles. The maximum absolute atomic E-state index is 12.3. The summed E-state index contributed by atoms with van der Waals surface area (Å²) in [4.78, 5) is 16.3. The molecule has 7 heteroatoms. The summed E-state index contributed by atoms with van der Waals surface area (Å²) >= 11 is 0. The maximum atomic E-state index is 12.3. The standard InChI is InChI=1S/C17H25N5O2/c1-21(17(23)18-13-6-8-24-9-7-13)14-10-22(11-14)16-5-4-15(19-20-16)12-2-3-12/h4-5,12-14H,2-3,6-11H2,1H3,(H,18,23). The number of carbonyl (C=O) groups excluding carboxylic acids is 1. The van der Waals surface area contributed by atoms with Crippen LogP contribution < -0.4 is 10.2 Å². The van der Waals surface area contributed by atoms with Crippen molar-refractivity contribution in [2.75, 3.05) is 38.3 Å². The number of anilines is 1. The first kappa shape index (κ1) is 15.6. The summed E-state index contributed by atoms with van der Waals surface area (Å²) in [6, 6.07) is 4.63. The van der Waals surface area contributed by atoms with E-state index in [4.69, 9.17) is 4.74 Å². The Kier molecular flexibility index (Phi) is 4.26. The first-order valence-corrected chi connectivity index (χ1v) is 8.90. The largest absolute Gasteiger partial charge is 0.381 e. The van der Waals surface area contributed by atoms with Gasteiger partial charge in [0.25, 0.3) is 0 Å². The first-order valence-electron chi connectivity index (χ1n) is 8.90. The van der Waals surface area contributed by atoms with Gasteiger partial charge in [0.2, 0.25) is 0 Å².